The lowest BCUT2D eigenvalue weighted by Crippen LogP contribution is -2.51. The van der Waals surface area contributed by atoms with Gasteiger partial charge in [-0.1, -0.05) is 18.2 Å². The summed E-state index contributed by atoms with van der Waals surface area (Å²) in [5.74, 6) is -0.0845. The second-order valence-corrected chi connectivity index (χ2v) is 9.88. The number of hydrogen-bond donors (Lipinski definition) is 0. The van der Waals surface area contributed by atoms with Gasteiger partial charge in [0.05, 0.1) is 11.4 Å². The monoisotopic (exact) mass is 394 g/mol. The highest BCUT2D eigenvalue weighted by Crippen LogP contribution is 2.29. The molecule has 2 aliphatic rings. The molecule has 1 atom stereocenters. The van der Waals surface area contributed by atoms with Gasteiger partial charge in [0.15, 0.2) is 0 Å². The van der Waals surface area contributed by atoms with E-state index in [9.17, 15) is 13.2 Å². The van der Waals surface area contributed by atoms with Crippen LogP contribution in [0, 0.1) is 0 Å². The number of sulfonamides is 1. The Bertz CT molecular complexity index is 730. The second kappa shape index (κ2) is 8.71. The summed E-state index contributed by atoms with van der Waals surface area (Å²) >= 11 is 0. The van der Waals surface area contributed by atoms with Crippen molar-refractivity contribution in [3.63, 3.8) is 0 Å². The highest BCUT2D eigenvalue weighted by molar-refractivity contribution is 7.89. The van der Waals surface area contributed by atoms with Crippen LogP contribution >= 0.6 is 0 Å². The lowest BCUT2D eigenvalue weighted by Gasteiger charge is -2.38. The van der Waals surface area contributed by atoms with Gasteiger partial charge in [-0.05, 0) is 50.7 Å². The second-order valence-electron chi connectivity index (χ2n) is 7.61. The summed E-state index contributed by atoms with van der Waals surface area (Å²) in [7, 11) is -0.0223. The molecule has 0 bridgehead atoms. The van der Waals surface area contributed by atoms with E-state index in [4.69, 9.17) is 4.74 Å². The van der Waals surface area contributed by atoms with Gasteiger partial charge in [0.1, 0.15) is 0 Å². The molecular weight excluding hydrogens is 364 g/mol. The van der Waals surface area contributed by atoms with Crippen molar-refractivity contribution in [1.29, 1.82) is 0 Å². The molecule has 1 aromatic carbocycles. The van der Waals surface area contributed by atoms with Gasteiger partial charge in [0, 0.05) is 38.9 Å². The molecule has 0 aromatic heterocycles. The number of carbonyl (C=O) groups excluding carboxylic acids is 1. The molecule has 0 N–H and O–H groups in total. The first-order valence-corrected chi connectivity index (χ1v) is 11.3. The van der Waals surface area contributed by atoms with E-state index in [1.54, 1.807) is 35.5 Å². The van der Waals surface area contributed by atoms with Crippen molar-refractivity contribution in [2.45, 2.75) is 55.9 Å². The molecule has 7 heteroatoms. The van der Waals surface area contributed by atoms with Crippen LogP contribution in [0.15, 0.2) is 30.3 Å². The molecule has 0 radical (unpaired) electrons. The molecule has 1 heterocycles. The van der Waals surface area contributed by atoms with Crippen LogP contribution in [-0.4, -0.2) is 68.2 Å². The van der Waals surface area contributed by atoms with Gasteiger partial charge in [-0.15, -0.1) is 0 Å². The van der Waals surface area contributed by atoms with Crippen LogP contribution in [0.5, 0.6) is 0 Å². The molecule has 1 aliphatic heterocycles. The predicted molar refractivity (Wildman–Crippen MR) is 105 cm³/mol. The van der Waals surface area contributed by atoms with E-state index in [1.165, 1.54) is 0 Å². The first kappa shape index (κ1) is 20.3. The highest BCUT2D eigenvalue weighted by atomic mass is 32.2. The zero-order valence-electron chi connectivity index (χ0n) is 16.2. The zero-order chi connectivity index (χ0) is 19.4. The predicted octanol–water partition coefficient (Wildman–Crippen LogP) is 2.51. The number of likely N-dealkylation sites (tertiary alicyclic amines) is 1. The van der Waals surface area contributed by atoms with Crippen LogP contribution in [-0.2, 0) is 14.8 Å². The van der Waals surface area contributed by atoms with Crippen LogP contribution in [0.25, 0.3) is 0 Å². The van der Waals surface area contributed by atoms with Crippen LogP contribution in [0.3, 0.4) is 0 Å². The maximum absolute atomic E-state index is 13.2. The number of hydrogen-bond acceptors (Lipinski definition) is 4. The standard InChI is InChI=1S/C20H30N2O4S/c1-21(17-10-12-18(26-2)13-11-17)27(24,25)19-9-6-14-22(15-19)20(23)16-7-4-3-5-8-16/h3-5,7-8,17-19H,6,9-15H2,1-2H3/t17?,18?,19-/m0/s1. The first-order chi connectivity index (χ1) is 12.9. The number of rotatable bonds is 5. The third kappa shape index (κ3) is 4.52. The Balaban J connectivity index is 1.66. The minimum absolute atomic E-state index is 0.0293. The number of benzene rings is 1. The van der Waals surface area contributed by atoms with Gasteiger partial charge in [-0.2, -0.15) is 0 Å². The lowest BCUT2D eigenvalue weighted by molar-refractivity contribution is 0.0549. The number of nitrogens with zero attached hydrogens (tertiary/aromatic N) is 2. The Morgan fingerprint density at radius 3 is 2.41 bits per heavy atom. The van der Waals surface area contributed by atoms with E-state index in [0.29, 0.717) is 24.9 Å². The summed E-state index contributed by atoms with van der Waals surface area (Å²) in [6, 6.07) is 9.11. The Hall–Kier alpha value is -1.44. The molecule has 27 heavy (non-hydrogen) atoms. The molecule has 1 aliphatic carbocycles. The molecule has 0 spiro atoms. The van der Waals surface area contributed by atoms with E-state index in [2.05, 4.69) is 0 Å². The van der Waals surface area contributed by atoms with Crippen LogP contribution in [0.4, 0.5) is 0 Å². The van der Waals surface area contributed by atoms with Gasteiger partial charge < -0.3 is 9.64 Å². The summed E-state index contributed by atoms with van der Waals surface area (Å²) in [6.45, 7) is 0.885. The van der Waals surface area contributed by atoms with Gasteiger partial charge in [0.25, 0.3) is 5.91 Å². The van der Waals surface area contributed by atoms with Crippen molar-refractivity contribution < 1.29 is 17.9 Å². The van der Waals surface area contributed by atoms with Crippen molar-refractivity contribution in [3.05, 3.63) is 35.9 Å². The number of ether oxygens (including phenoxy) is 1. The van der Waals surface area contributed by atoms with Crippen molar-refractivity contribution in [2.24, 2.45) is 0 Å². The van der Waals surface area contributed by atoms with Crippen LogP contribution < -0.4 is 0 Å². The molecule has 150 valence electrons. The molecular formula is C20H30N2O4S. The maximum Gasteiger partial charge on any atom is 0.253 e. The van der Waals surface area contributed by atoms with Gasteiger partial charge in [0.2, 0.25) is 10.0 Å². The molecule has 1 aromatic rings. The summed E-state index contributed by atoms with van der Waals surface area (Å²) < 4.78 is 33.4. The van der Waals surface area contributed by atoms with E-state index in [0.717, 1.165) is 25.7 Å². The number of amides is 1. The lowest BCUT2D eigenvalue weighted by atomic mass is 9.93. The summed E-state index contributed by atoms with van der Waals surface area (Å²) in [4.78, 5) is 14.4. The van der Waals surface area contributed by atoms with E-state index in [1.807, 2.05) is 18.2 Å². The van der Waals surface area contributed by atoms with Crippen molar-refractivity contribution in [1.82, 2.24) is 9.21 Å². The molecule has 3 rings (SSSR count). The molecule has 1 saturated carbocycles. The maximum atomic E-state index is 13.2. The van der Waals surface area contributed by atoms with E-state index >= 15 is 0 Å². The van der Waals surface area contributed by atoms with Gasteiger partial charge in [-0.25, -0.2) is 12.7 Å². The Morgan fingerprint density at radius 2 is 1.78 bits per heavy atom. The summed E-state index contributed by atoms with van der Waals surface area (Å²) in [5, 5.41) is -0.524. The van der Waals surface area contributed by atoms with E-state index in [-0.39, 0.29) is 24.6 Å². The topological polar surface area (TPSA) is 66.9 Å². The Morgan fingerprint density at radius 1 is 1.11 bits per heavy atom. The van der Waals surface area contributed by atoms with Crippen LogP contribution in [0.2, 0.25) is 0 Å². The van der Waals surface area contributed by atoms with Gasteiger partial charge in [-0.3, -0.25) is 4.79 Å². The minimum Gasteiger partial charge on any atom is -0.381 e. The van der Waals surface area contributed by atoms with Crippen molar-refractivity contribution in [2.75, 3.05) is 27.2 Å². The quantitative estimate of drug-likeness (QED) is 0.770. The van der Waals surface area contributed by atoms with Crippen molar-refractivity contribution >= 4 is 15.9 Å². The SMILES string of the molecule is COC1CCC(N(C)S(=O)(=O)[C@H]2CCCN(C(=O)c3ccccc3)C2)CC1. The van der Waals surface area contributed by atoms with Gasteiger partial charge >= 0.3 is 0 Å². The van der Waals surface area contributed by atoms with Crippen LogP contribution in [0.1, 0.15) is 48.9 Å². The smallest absolute Gasteiger partial charge is 0.253 e. The third-order valence-corrected chi connectivity index (χ3v) is 8.33. The molecule has 2 fully saturated rings. The summed E-state index contributed by atoms with van der Waals surface area (Å²) in [6.07, 6.45) is 5.01. The number of piperidine rings is 1. The van der Waals surface area contributed by atoms with E-state index < -0.39 is 15.3 Å². The average molecular weight is 395 g/mol. The summed E-state index contributed by atoms with van der Waals surface area (Å²) in [5.41, 5.74) is 0.613. The molecule has 6 nitrogen and oxygen atoms in total. The fraction of sp³-hybridized carbons (Fsp3) is 0.650. The number of carbonyl (C=O) groups is 1. The number of methoxy groups -OCH3 is 1. The normalized spacial score (nSPS) is 26.9. The largest absolute Gasteiger partial charge is 0.381 e. The first-order valence-electron chi connectivity index (χ1n) is 9.77. The Labute approximate surface area is 162 Å². The zero-order valence-corrected chi connectivity index (χ0v) is 17.0. The molecule has 0 unspecified atom stereocenters. The van der Waals surface area contributed by atoms with Crippen molar-refractivity contribution in [3.8, 4) is 0 Å². The third-order valence-electron chi connectivity index (χ3n) is 6.00. The molecule has 1 amide bonds. The molecule has 1 saturated heterocycles. The minimum atomic E-state index is -3.44. The Kier molecular flexibility index (Phi) is 6.55. The fourth-order valence-corrected chi connectivity index (χ4v) is 6.15. The fourth-order valence-electron chi connectivity index (χ4n) is 4.22. The average Bonchev–Trinajstić information content (AvgIpc) is 2.73. The highest BCUT2D eigenvalue weighted by Gasteiger charge is 2.38.